The number of nitrogens with zero attached hydrogens (tertiary/aromatic N) is 2. The molecule has 17 heavy (non-hydrogen) atoms. The third kappa shape index (κ3) is 2.36. The van der Waals surface area contributed by atoms with Crippen molar-refractivity contribution >= 4 is 0 Å². The Kier molecular flexibility index (Phi) is 3.24. The fourth-order valence-electron chi connectivity index (χ4n) is 1.80. The molecule has 0 saturated heterocycles. The average Bonchev–Trinajstić information content (AvgIpc) is 2.75. The summed E-state index contributed by atoms with van der Waals surface area (Å²) in [6.45, 7) is 4.08. The molecule has 1 heterocycles. The van der Waals surface area contributed by atoms with E-state index in [4.69, 9.17) is 10.9 Å². The van der Waals surface area contributed by atoms with Gasteiger partial charge in [-0.2, -0.15) is 4.98 Å². The van der Waals surface area contributed by atoms with Gasteiger partial charge in [0.2, 0.25) is 11.7 Å². The highest BCUT2D eigenvalue weighted by molar-refractivity contribution is 5.63. The van der Waals surface area contributed by atoms with Crippen LogP contribution in [-0.4, -0.2) is 10.1 Å². The van der Waals surface area contributed by atoms with Crippen molar-refractivity contribution in [2.45, 2.75) is 26.7 Å². The second-order valence-corrected chi connectivity index (χ2v) is 3.98. The zero-order valence-corrected chi connectivity index (χ0v) is 10.0. The normalized spacial score (nSPS) is 10.2. The molecule has 0 N–H and O–H groups in total. The van der Waals surface area contributed by atoms with Crippen LogP contribution in [-0.2, 0) is 6.42 Å². The van der Waals surface area contributed by atoms with Gasteiger partial charge in [-0.1, -0.05) is 23.4 Å². The van der Waals surface area contributed by atoms with Gasteiger partial charge in [-0.05, 0) is 25.0 Å². The molecule has 0 aliphatic carbocycles. The number of aromatic nitrogens is 2. The van der Waals surface area contributed by atoms with Crippen LogP contribution in [0.2, 0.25) is 0 Å². The summed E-state index contributed by atoms with van der Waals surface area (Å²) in [7, 11) is 0. The summed E-state index contributed by atoms with van der Waals surface area (Å²) in [5.41, 5.74) is 3.34. The molecule has 2 rings (SSSR count). The molecule has 0 aliphatic rings. The fraction of sp³-hybridized carbons (Fsp3) is 0.286. The van der Waals surface area contributed by atoms with E-state index in [1.165, 1.54) is 0 Å². The van der Waals surface area contributed by atoms with E-state index in [0.29, 0.717) is 24.6 Å². The maximum Gasteiger partial charge on any atom is 0.227 e. The number of aryl methyl sites for hydroxylation is 3. The van der Waals surface area contributed by atoms with E-state index in [2.05, 4.69) is 16.1 Å². The molecular weight excluding hydrogens is 212 g/mol. The van der Waals surface area contributed by atoms with Crippen LogP contribution in [0.25, 0.3) is 11.4 Å². The summed E-state index contributed by atoms with van der Waals surface area (Å²) in [5, 5.41) is 4.01. The fourth-order valence-corrected chi connectivity index (χ4v) is 1.80. The average molecular weight is 226 g/mol. The van der Waals surface area contributed by atoms with E-state index < -0.39 is 0 Å². The third-order valence-corrected chi connectivity index (χ3v) is 2.66. The number of terminal acetylenes is 1. The lowest BCUT2D eigenvalue weighted by molar-refractivity contribution is 0.380. The minimum atomic E-state index is 0.598. The van der Waals surface area contributed by atoms with Gasteiger partial charge in [0.1, 0.15) is 0 Å². The Labute approximate surface area is 101 Å². The summed E-state index contributed by atoms with van der Waals surface area (Å²) in [6, 6.07) is 6.10. The Bertz CT molecular complexity index is 544. The van der Waals surface area contributed by atoms with Gasteiger partial charge in [0.25, 0.3) is 0 Å². The van der Waals surface area contributed by atoms with Crippen molar-refractivity contribution in [1.29, 1.82) is 0 Å². The predicted octanol–water partition coefficient (Wildman–Crippen LogP) is 2.92. The largest absolute Gasteiger partial charge is 0.339 e. The molecule has 86 valence electrons. The van der Waals surface area contributed by atoms with E-state index >= 15 is 0 Å². The molecule has 0 radical (unpaired) electrons. The molecular formula is C14H14N2O. The minimum absolute atomic E-state index is 0.598. The molecule has 0 spiro atoms. The lowest BCUT2D eigenvalue weighted by atomic mass is 10.0. The van der Waals surface area contributed by atoms with Gasteiger partial charge in [0, 0.05) is 18.4 Å². The molecule has 0 saturated carbocycles. The van der Waals surface area contributed by atoms with Gasteiger partial charge in [0.15, 0.2) is 0 Å². The van der Waals surface area contributed by atoms with Crippen LogP contribution in [0.5, 0.6) is 0 Å². The maximum atomic E-state index is 5.20. The first-order valence-corrected chi connectivity index (χ1v) is 5.55. The molecule has 3 heteroatoms. The second-order valence-electron chi connectivity index (χ2n) is 3.98. The predicted molar refractivity (Wildman–Crippen MR) is 66.4 cm³/mol. The first-order valence-electron chi connectivity index (χ1n) is 5.55. The topological polar surface area (TPSA) is 38.9 Å². The number of benzene rings is 1. The number of hydrogen-bond donors (Lipinski definition) is 0. The highest BCUT2D eigenvalue weighted by Crippen LogP contribution is 2.24. The molecule has 0 atom stereocenters. The Morgan fingerprint density at radius 1 is 1.29 bits per heavy atom. The van der Waals surface area contributed by atoms with E-state index in [-0.39, 0.29) is 0 Å². The molecule has 1 aromatic heterocycles. The molecule has 1 aromatic carbocycles. The summed E-state index contributed by atoms with van der Waals surface area (Å²) in [4.78, 5) is 4.37. The van der Waals surface area contributed by atoms with Crippen LogP contribution < -0.4 is 0 Å². The van der Waals surface area contributed by atoms with Crippen molar-refractivity contribution in [1.82, 2.24) is 10.1 Å². The van der Waals surface area contributed by atoms with E-state index in [1.807, 2.05) is 32.0 Å². The second kappa shape index (κ2) is 4.84. The van der Waals surface area contributed by atoms with Crippen LogP contribution in [0.15, 0.2) is 22.7 Å². The van der Waals surface area contributed by atoms with Crippen LogP contribution >= 0.6 is 0 Å². The summed E-state index contributed by atoms with van der Waals surface area (Å²) in [5.74, 6) is 3.80. The summed E-state index contributed by atoms with van der Waals surface area (Å²) < 4.78 is 5.17. The molecule has 0 amide bonds. The van der Waals surface area contributed by atoms with E-state index in [1.54, 1.807) is 0 Å². The number of hydrogen-bond acceptors (Lipinski definition) is 3. The third-order valence-electron chi connectivity index (χ3n) is 2.66. The molecule has 0 aliphatic heterocycles. The molecule has 3 nitrogen and oxygen atoms in total. The van der Waals surface area contributed by atoms with Gasteiger partial charge in [-0.3, -0.25) is 0 Å². The highest BCUT2D eigenvalue weighted by Gasteiger charge is 2.12. The quantitative estimate of drug-likeness (QED) is 0.755. The van der Waals surface area contributed by atoms with Gasteiger partial charge >= 0.3 is 0 Å². The number of rotatable bonds is 3. The van der Waals surface area contributed by atoms with Crippen molar-refractivity contribution in [3.8, 4) is 23.7 Å². The zero-order chi connectivity index (χ0) is 12.3. The van der Waals surface area contributed by atoms with Crippen LogP contribution in [0, 0.1) is 26.2 Å². The Morgan fingerprint density at radius 3 is 2.65 bits per heavy atom. The Hall–Kier alpha value is -2.08. The van der Waals surface area contributed by atoms with Crippen molar-refractivity contribution in [2.75, 3.05) is 0 Å². The monoisotopic (exact) mass is 226 g/mol. The van der Waals surface area contributed by atoms with Crippen LogP contribution in [0.1, 0.15) is 23.4 Å². The Balaban J connectivity index is 2.34. The van der Waals surface area contributed by atoms with Crippen molar-refractivity contribution in [2.24, 2.45) is 0 Å². The highest BCUT2D eigenvalue weighted by atomic mass is 16.5. The lowest BCUT2D eigenvalue weighted by Gasteiger charge is -2.03. The van der Waals surface area contributed by atoms with E-state index in [9.17, 15) is 0 Å². The minimum Gasteiger partial charge on any atom is -0.339 e. The molecule has 0 bridgehead atoms. The van der Waals surface area contributed by atoms with Crippen molar-refractivity contribution in [3.63, 3.8) is 0 Å². The first-order chi connectivity index (χ1) is 8.22. The van der Waals surface area contributed by atoms with Crippen LogP contribution in [0.4, 0.5) is 0 Å². The standard InChI is InChI=1S/C14H14N2O/c1-4-5-9-12-15-14(16-17-12)13-10(2)7-6-8-11(13)3/h1,6-8H,5,9H2,2-3H3. The molecule has 0 fully saturated rings. The van der Waals surface area contributed by atoms with Gasteiger partial charge in [-0.25, -0.2) is 0 Å². The van der Waals surface area contributed by atoms with Gasteiger partial charge in [0.05, 0.1) is 0 Å². The van der Waals surface area contributed by atoms with Gasteiger partial charge in [-0.15, -0.1) is 12.3 Å². The summed E-state index contributed by atoms with van der Waals surface area (Å²) in [6.07, 6.45) is 6.46. The molecule has 2 aromatic rings. The Morgan fingerprint density at radius 2 is 2.00 bits per heavy atom. The smallest absolute Gasteiger partial charge is 0.227 e. The van der Waals surface area contributed by atoms with Crippen LogP contribution in [0.3, 0.4) is 0 Å². The zero-order valence-electron chi connectivity index (χ0n) is 10.0. The summed E-state index contributed by atoms with van der Waals surface area (Å²) >= 11 is 0. The molecule has 0 unspecified atom stereocenters. The van der Waals surface area contributed by atoms with E-state index in [0.717, 1.165) is 16.7 Å². The maximum absolute atomic E-state index is 5.20. The van der Waals surface area contributed by atoms with Crippen molar-refractivity contribution < 1.29 is 4.52 Å². The first kappa shape index (κ1) is 11.4. The van der Waals surface area contributed by atoms with Gasteiger partial charge < -0.3 is 4.52 Å². The SMILES string of the molecule is C#CCCc1nc(-c2c(C)cccc2C)no1. The van der Waals surface area contributed by atoms with Crippen molar-refractivity contribution in [3.05, 3.63) is 35.2 Å². The lowest BCUT2D eigenvalue weighted by Crippen LogP contribution is -1.90.